The molecular formula is C17H15N3O3S. The second kappa shape index (κ2) is 8.04. The molecule has 0 bridgehead atoms. The molecular weight excluding hydrogens is 326 g/mol. The number of Topliss-reactive ketones (excluding diaryl/α,β-unsaturated/α-hetero) is 1. The van der Waals surface area contributed by atoms with Gasteiger partial charge < -0.3 is 10.1 Å². The second-order valence-electron chi connectivity index (χ2n) is 4.65. The lowest BCUT2D eigenvalue weighted by molar-refractivity contribution is -0.138. The van der Waals surface area contributed by atoms with E-state index in [0.717, 1.165) is 16.9 Å². The Hall–Kier alpha value is -2.98. The first-order chi connectivity index (χ1) is 11.6. The molecule has 0 radical (unpaired) electrons. The van der Waals surface area contributed by atoms with Gasteiger partial charge in [0.2, 0.25) is 0 Å². The van der Waals surface area contributed by atoms with Crippen molar-refractivity contribution in [1.82, 2.24) is 4.98 Å². The van der Waals surface area contributed by atoms with Crippen LogP contribution in [0.5, 0.6) is 0 Å². The summed E-state index contributed by atoms with van der Waals surface area (Å²) in [4.78, 5) is 28.3. The standard InChI is InChI=1S/C17H15N3O3S/c1-3-23-16(22)13(9-18)10-19-17-20-14(15(24-17)11(2)21)12-7-5-4-6-8-12/h4-8,10H,3H2,1-2H3,(H,19,20)/b13-10+. The molecule has 1 heterocycles. The topological polar surface area (TPSA) is 92.1 Å². The molecule has 2 rings (SSSR count). The number of rotatable bonds is 6. The van der Waals surface area contributed by atoms with Gasteiger partial charge in [-0.3, -0.25) is 4.79 Å². The number of nitriles is 1. The fraction of sp³-hybridized carbons (Fsp3) is 0.176. The number of hydrogen-bond donors (Lipinski definition) is 1. The maximum Gasteiger partial charge on any atom is 0.350 e. The van der Waals surface area contributed by atoms with Gasteiger partial charge in [0.25, 0.3) is 0 Å². The fourth-order valence-electron chi connectivity index (χ4n) is 1.89. The quantitative estimate of drug-likeness (QED) is 0.375. The minimum atomic E-state index is -0.709. The highest BCUT2D eigenvalue weighted by molar-refractivity contribution is 7.18. The van der Waals surface area contributed by atoms with Gasteiger partial charge in [0, 0.05) is 18.7 Å². The first-order valence-electron chi connectivity index (χ1n) is 7.18. The summed E-state index contributed by atoms with van der Waals surface area (Å²) in [5.41, 5.74) is 1.22. The molecule has 6 nitrogen and oxygen atoms in total. The third kappa shape index (κ3) is 4.06. The number of nitrogens with one attached hydrogen (secondary N) is 1. The molecule has 122 valence electrons. The highest BCUT2D eigenvalue weighted by Gasteiger charge is 2.17. The average molecular weight is 341 g/mol. The van der Waals surface area contributed by atoms with E-state index >= 15 is 0 Å². The van der Waals surface area contributed by atoms with Gasteiger partial charge in [-0.15, -0.1) is 0 Å². The van der Waals surface area contributed by atoms with Crippen LogP contribution < -0.4 is 5.32 Å². The number of ether oxygens (including phenoxy) is 1. The summed E-state index contributed by atoms with van der Waals surface area (Å²) >= 11 is 1.16. The molecule has 0 saturated heterocycles. The zero-order valence-corrected chi connectivity index (χ0v) is 14.0. The van der Waals surface area contributed by atoms with Gasteiger partial charge in [0.15, 0.2) is 16.5 Å². The van der Waals surface area contributed by atoms with E-state index in [1.807, 2.05) is 30.3 Å². The molecule has 2 aromatic rings. The Kier molecular flexibility index (Phi) is 5.82. The van der Waals surface area contributed by atoms with Gasteiger partial charge in [0.05, 0.1) is 17.2 Å². The van der Waals surface area contributed by atoms with Crippen LogP contribution in [0, 0.1) is 11.3 Å². The smallest absolute Gasteiger partial charge is 0.350 e. The molecule has 1 N–H and O–H groups in total. The number of ketones is 1. The van der Waals surface area contributed by atoms with Crippen LogP contribution >= 0.6 is 11.3 Å². The molecule has 7 heteroatoms. The number of aromatic nitrogens is 1. The van der Waals surface area contributed by atoms with Crippen LogP contribution in [0.25, 0.3) is 11.3 Å². The number of benzene rings is 1. The van der Waals surface area contributed by atoms with E-state index in [9.17, 15) is 9.59 Å². The van der Waals surface area contributed by atoms with Crippen molar-refractivity contribution < 1.29 is 14.3 Å². The summed E-state index contributed by atoms with van der Waals surface area (Å²) in [5, 5.41) is 12.2. The summed E-state index contributed by atoms with van der Waals surface area (Å²) in [6.45, 7) is 3.31. The van der Waals surface area contributed by atoms with Crippen LogP contribution in [0.3, 0.4) is 0 Å². The van der Waals surface area contributed by atoms with Crippen LogP contribution in [0.1, 0.15) is 23.5 Å². The number of anilines is 1. The lowest BCUT2D eigenvalue weighted by Gasteiger charge is -2.00. The van der Waals surface area contributed by atoms with Gasteiger partial charge in [-0.1, -0.05) is 41.7 Å². The van der Waals surface area contributed by atoms with Crippen molar-refractivity contribution in [3.63, 3.8) is 0 Å². The van der Waals surface area contributed by atoms with E-state index in [2.05, 4.69) is 10.3 Å². The normalized spacial score (nSPS) is 10.8. The summed E-state index contributed by atoms with van der Waals surface area (Å²) in [6, 6.07) is 11.1. The van der Waals surface area contributed by atoms with E-state index in [0.29, 0.717) is 15.7 Å². The Morgan fingerprint density at radius 2 is 2.08 bits per heavy atom. The molecule has 0 spiro atoms. The molecule has 0 aliphatic heterocycles. The van der Waals surface area contributed by atoms with Gasteiger partial charge in [-0.05, 0) is 6.92 Å². The predicted molar refractivity (Wildman–Crippen MR) is 91.5 cm³/mol. The zero-order valence-electron chi connectivity index (χ0n) is 13.2. The van der Waals surface area contributed by atoms with E-state index in [-0.39, 0.29) is 18.0 Å². The van der Waals surface area contributed by atoms with Crippen molar-refractivity contribution in [3.8, 4) is 17.3 Å². The molecule has 0 unspecified atom stereocenters. The number of carbonyl (C=O) groups is 2. The number of hydrogen-bond acceptors (Lipinski definition) is 7. The number of nitrogens with zero attached hydrogens (tertiary/aromatic N) is 2. The Bertz CT molecular complexity index is 819. The van der Waals surface area contributed by atoms with Gasteiger partial charge >= 0.3 is 5.97 Å². The molecule has 24 heavy (non-hydrogen) atoms. The molecule has 1 aromatic carbocycles. The van der Waals surface area contributed by atoms with Gasteiger partial charge in [-0.2, -0.15) is 5.26 Å². The Morgan fingerprint density at radius 1 is 1.38 bits per heavy atom. The predicted octanol–water partition coefficient (Wildman–Crippen LogP) is 3.40. The Morgan fingerprint density at radius 3 is 2.67 bits per heavy atom. The molecule has 1 aromatic heterocycles. The van der Waals surface area contributed by atoms with E-state index < -0.39 is 5.97 Å². The van der Waals surface area contributed by atoms with Crippen LogP contribution in [0.15, 0.2) is 42.1 Å². The second-order valence-corrected chi connectivity index (χ2v) is 5.65. The van der Waals surface area contributed by atoms with E-state index in [4.69, 9.17) is 10.00 Å². The first-order valence-corrected chi connectivity index (χ1v) is 7.99. The summed E-state index contributed by atoms with van der Waals surface area (Å²) in [7, 11) is 0. The SMILES string of the molecule is CCOC(=O)/C(C#N)=C/Nc1nc(-c2ccccc2)c(C(C)=O)s1. The Balaban J connectivity index is 2.31. The number of carbonyl (C=O) groups excluding carboxylic acids is 2. The third-order valence-corrected chi connectivity index (χ3v) is 4.04. The molecule has 0 fully saturated rings. The molecule has 0 saturated carbocycles. The Labute approximate surface area is 143 Å². The molecule has 0 atom stereocenters. The monoisotopic (exact) mass is 341 g/mol. The minimum Gasteiger partial charge on any atom is -0.462 e. The molecule has 0 aliphatic rings. The van der Waals surface area contributed by atoms with Crippen molar-refractivity contribution in [1.29, 1.82) is 5.26 Å². The van der Waals surface area contributed by atoms with Crippen molar-refractivity contribution >= 4 is 28.2 Å². The summed E-state index contributed by atoms with van der Waals surface area (Å²) in [6.07, 6.45) is 1.23. The van der Waals surface area contributed by atoms with Crippen molar-refractivity contribution in [2.75, 3.05) is 11.9 Å². The number of esters is 1. The molecule has 0 amide bonds. The van der Waals surface area contributed by atoms with Crippen LogP contribution in [0.4, 0.5) is 5.13 Å². The van der Waals surface area contributed by atoms with Gasteiger partial charge in [-0.25, -0.2) is 9.78 Å². The zero-order chi connectivity index (χ0) is 17.5. The van der Waals surface area contributed by atoms with E-state index in [1.165, 1.54) is 13.1 Å². The van der Waals surface area contributed by atoms with Crippen molar-refractivity contribution in [2.24, 2.45) is 0 Å². The van der Waals surface area contributed by atoms with Crippen molar-refractivity contribution in [2.45, 2.75) is 13.8 Å². The van der Waals surface area contributed by atoms with Gasteiger partial charge in [0.1, 0.15) is 6.07 Å². The number of thiazole rings is 1. The lowest BCUT2D eigenvalue weighted by Crippen LogP contribution is -2.07. The highest BCUT2D eigenvalue weighted by Crippen LogP contribution is 2.31. The maximum absolute atomic E-state index is 11.8. The van der Waals surface area contributed by atoms with E-state index in [1.54, 1.807) is 13.0 Å². The summed E-state index contributed by atoms with van der Waals surface area (Å²) < 4.78 is 4.78. The van der Waals surface area contributed by atoms with Crippen molar-refractivity contribution in [3.05, 3.63) is 47.0 Å². The largest absolute Gasteiger partial charge is 0.462 e. The average Bonchev–Trinajstić information content (AvgIpc) is 3.01. The minimum absolute atomic E-state index is 0.103. The van der Waals surface area contributed by atoms with Crippen LogP contribution in [-0.4, -0.2) is 23.3 Å². The maximum atomic E-state index is 11.8. The third-order valence-electron chi connectivity index (χ3n) is 2.95. The summed E-state index contributed by atoms with van der Waals surface area (Å²) in [5.74, 6) is -0.812. The van der Waals surface area contributed by atoms with Crippen LogP contribution in [0.2, 0.25) is 0 Å². The lowest BCUT2D eigenvalue weighted by atomic mass is 10.1. The molecule has 0 aliphatic carbocycles. The fourth-order valence-corrected chi connectivity index (χ4v) is 2.74. The highest BCUT2D eigenvalue weighted by atomic mass is 32.1. The first kappa shape index (κ1) is 17.4. The van der Waals surface area contributed by atoms with Crippen LogP contribution in [-0.2, 0) is 9.53 Å².